The molecule has 1 aromatic rings. The number of benzene rings is 1. The molecule has 3 heteroatoms. The second-order valence-electron chi connectivity index (χ2n) is 6.50. The molecule has 1 N–H and O–H groups in total. The van der Waals surface area contributed by atoms with Crippen LogP contribution in [0.1, 0.15) is 44.6 Å². The van der Waals surface area contributed by atoms with Crippen LogP contribution in [0.2, 0.25) is 0 Å². The van der Waals surface area contributed by atoms with E-state index in [1.165, 1.54) is 41.2 Å². The van der Waals surface area contributed by atoms with Crippen LogP contribution >= 0.6 is 22.6 Å². The third-order valence-corrected chi connectivity index (χ3v) is 5.78. The molecule has 0 aromatic heterocycles. The smallest absolute Gasteiger partial charge is 0.0359 e. The molecule has 0 heterocycles. The predicted octanol–water partition coefficient (Wildman–Crippen LogP) is 4.08. The van der Waals surface area contributed by atoms with Gasteiger partial charge in [0.05, 0.1) is 0 Å². The van der Waals surface area contributed by atoms with Gasteiger partial charge in [-0.25, -0.2) is 0 Å². The first-order chi connectivity index (χ1) is 10.1. The zero-order chi connectivity index (χ0) is 15.3. The van der Waals surface area contributed by atoms with Gasteiger partial charge in [-0.05, 0) is 80.2 Å². The van der Waals surface area contributed by atoms with E-state index in [0.717, 1.165) is 13.0 Å². The molecule has 1 saturated carbocycles. The van der Waals surface area contributed by atoms with Gasteiger partial charge in [0, 0.05) is 15.2 Å². The number of hydrogen-bond acceptors (Lipinski definition) is 2. The predicted molar refractivity (Wildman–Crippen MR) is 99.8 cm³/mol. The Morgan fingerprint density at radius 3 is 2.29 bits per heavy atom. The van der Waals surface area contributed by atoms with Crippen molar-refractivity contribution in [3.05, 3.63) is 33.4 Å². The van der Waals surface area contributed by atoms with Gasteiger partial charge in [-0.1, -0.05) is 38.3 Å². The lowest BCUT2D eigenvalue weighted by atomic mass is 9.73. The quantitative estimate of drug-likeness (QED) is 0.725. The second kappa shape index (κ2) is 7.93. The Morgan fingerprint density at radius 2 is 1.76 bits per heavy atom. The fraction of sp³-hybridized carbons (Fsp3) is 0.667. The molecule has 0 aliphatic heterocycles. The summed E-state index contributed by atoms with van der Waals surface area (Å²) >= 11 is 2.38. The van der Waals surface area contributed by atoms with Gasteiger partial charge in [-0.2, -0.15) is 0 Å². The van der Waals surface area contributed by atoms with E-state index in [9.17, 15) is 0 Å². The molecule has 21 heavy (non-hydrogen) atoms. The van der Waals surface area contributed by atoms with Gasteiger partial charge in [0.25, 0.3) is 0 Å². The summed E-state index contributed by atoms with van der Waals surface area (Å²) in [7, 11) is 4.53. The third kappa shape index (κ3) is 4.20. The van der Waals surface area contributed by atoms with Gasteiger partial charge in [0.2, 0.25) is 0 Å². The summed E-state index contributed by atoms with van der Waals surface area (Å²) in [4.78, 5) is 2.49. The summed E-state index contributed by atoms with van der Waals surface area (Å²) < 4.78 is 1.32. The number of nitrogens with zero attached hydrogens (tertiary/aromatic N) is 1. The zero-order valence-electron chi connectivity index (χ0n) is 13.7. The average Bonchev–Trinajstić information content (AvgIpc) is 2.49. The summed E-state index contributed by atoms with van der Waals surface area (Å²) in [5.74, 6) is 0. The Hall–Kier alpha value is -0.130. The molecule has 1 aromatic carbocycles. The minimum absolute atomic E-state index is 0.317. The van der Waals surface area contributed by atoms with Crippen molar-refractivity contribution >= 4 is 22.6 Å². The summed E-state index contributed by atoms with van der Waals surface area (Å²) in [6.07, 6.45) is 7.91. The van der Waals surface area contributed by atoms with Crippen molar-refractivity contribution in [3.8, 4) is 0 Å². The molecule has 0 bridgehead atoms. The van der Waals surface area contributed by atoms with Crippen LogP contribution in [0.4, 0.5) is 0 Å². The lowest BCUT2D eigenvalue weighted by Gasteiger charge is -2.49. The van der Waals surface area contributed by atoms with Crippen LogP contribution in [-0.4, -0.2) is 37.1 Å². The SMILES string of the molecule is CCNC(Cc1ccc(I)cc1)C1(N(C)C)CCCCC1. The van der Waals surface area contributed by atoms with E-state index in [1.807, 2.05) is 0 Å². The Labute approximate surface area is 143 Å². The summed E-state index contributed by atoms with van der Waals surface area (Å²) in [5.41, 5.74) is 1.77. The van der Waals surface area contributed by atoms with Gasteiger partial charge in [0.15, 0.2) is 0 Å². The molecule has 1 aliphatic carbocycles. The summed E-state index contributed by atoms with van der Waals surface area (Å²) in [6.45, 7) is 3.28. The molecule has 1 aliphatic rings. The van der Waals surface area contributed by atoms with Crippen LogP contribution in [-0.2, 0) is 6.42 Å². The Balaban J connectivity index is 2.20. The highest BCUT2D eigenvalue weighted by Crippen LogP contribution is 2.36. The Bertz CT molecular complexity index is 421. The van der Waals surface area contributed by atoms with Crippen molar-refractivity contribution in [2.45, 2.75) is 57.0 Å². The van der Waals surface area contributed by atoms with E-state index in [-0.39, 0.29) is 0 Å². The van der Waals surface area contributed by atoms with E-state index < -0.39 is 0 Å². The van der Waals surface area contributed by atoms with Crippen LogP contribution in [0, 0.1) is 3.57 Å². The lowest BCUT2D eigenvalue weighted by molar-refractivity contribution is 0.0575. The topological polar surface area (TPSA) is 15.3 Å². The lowest BCUT2D eigenvalue weighted by Crippen LogP contribution is -2.60. The molecule has 0 amide bonds. The van der Waals surface area contributed by atoms with Gasteiger partial charge in [0.1, 0.15) is 0 Å². The summed E-state index contributed by atoms with van der Waals surface area (Å²) in [6, 6.07) is 9.57. The van der Waals surface area contributed by atoms with Crippen LogP contribution < -0.4 is 5.32 Å². The first kappa shape index (κ1) is 17.2. The average molecular weight is 400 g/mol. The van der Waals surface area contributed by atoms with Crippen LogP contribution in [0.5, 0.6) is 0 Å². The van der Waals surface area contributed by atoms with Crippen LogP contribution in [0.25, 0.3) is 0 Å². The first-order valence-electron chi connectivity index (χ1n) is 8.24. The number of rotatable bonds is 6. The van der Waals surface area contributed by atoms with Crippen molar-refractivity contribution in [2.75, 3.05) is 20.6 Å². The molecule has 1 unspecified atom stereocenters. The van der Waals surface area contributed by atoms with Crippen LogP contribution in [0.3, 0.4) is 0 Å². The van der Waals surface area contributed by atoms with Crippen molar-refractivity contribution in [1.82, 2.24) is 10.2 Å². The van der Waals surface area contributed by atoms with Gasteiger partial charge in [-0.15, -0.1) is 0 Å². The molecular weight excluding hydrogens is 371 g/mol. The standard InChI is InChI=1S/C18H29IN2/c1-4-20-17(14-15-8-10-16(19)11-9-15)18(21(2)3)12-6-5-7-13-18/h8-11,17,20H,4-7,12-14H2,1-3H3. The fourth-order valence-electron chi connectivity index (χ4n) is 3.83. The van der Waals surface area contributed by atoms with E-state index in [4.69, 9.17) is 0 Å². The zero-order valence-corrected chi connectivity index (χ0v) is 15.8. The number of halogens is 1. The first-order valence-corrected chi connectivity index (χ1v) is 9.31. The number of hydrogen-bond donors (Lipinski definition) is 1. The number of nitrogens with one attached hydrogen (secondary N) is 1. The number of likely N-dealkylation sites (N-methyl/N-ethyl adjacent to an activating group) is 2. The highest BCUT2D eigenvalue weighted by Gasteiger charge is 2.41. The van der Waals surface area contributed by atoms with Crippen molar-refractivity contribution in [2.24, 2.45) is 0 Å². The van der Waals surface area contributed by atoms with Crippen molar-refractivity contribution < 1.29 is 0 Å². The molecular formula is C18H29IN2. The minimum Gasteiger partial charge on any atom is -0.312 e. The second-order valence-corrected chi connectivity index (χ2v) is 7.75. The molecule has 2 nitrogen and oxygen atoms in total. The molecule has 2 rings (SSSR count). The van der Waals surface area contributed by atoms with Gasteiger partial charge >= 0.3 is 0 Å². The highest BCUT2D eigenvalue weighted by atomic mass is 127. The molecule has 118 valence electrons. The van der Waals surface area contributed by atoms with Gasteiger partial charge in [-0.3, -0.25) is 0 Å². The van der Waals surface area contributed by atoms with Crippen molar-refractivity contribution in [3.63, 3.8) is 0 Å². The molecule has 1 atom stereocenters. The van der Waals surface area contributed by atoms with Crippen molar-refractivity contribution in [1.29, 1.82) is 0 Å². The van der Waals surface area contributed by atoms with E-state index >= 15 is 0 Å². The normalized spacial score (nSPS) is 19.7. The highest BCUT2D eigenvalue weighted by molar-refractivity contribution is 14.1. The molecule has 1 fully saturated rings. The Morgan fingerprint density at radius 1 is 1.14 bits per heavy atom. The molecule has 0 spiro atoms. The third-order valence-electron chi connectivity index (χ3n) is 5.06. The maximum absolute atomic E-state index is 3.79. The largest absolute Gasteiger partial charge is 0.312 e. The molecule has 0 saturated heterocycles. The van der Waals surface area contributed by atoms with Gasteiger partial charge < -0.3 is 10.2 Å². The maximum atomic E-state index is 3.79. The van der Waals surface area contributed by atoms with Crippen LogP contribution in [0.15, 0.2) is 24.3 Å². The molecule has 0 radical (unpaired) electrons. The van der Waals surface area contributed by atoms with E-state index in [1.54, 1.807) is 0 Å². The summed E-state index contributed by atoms with van der Waals surface area (Å²) in [5, 5.41) is 3.79. The Kier molecular flexibility index (Phi) is 6.51. The minimum atomic E-state index is 0.317. The monoisotopic (exact) mass is 400 g/mol. The van der Waals surface area contributed by atoms with E-state index in [0.29, 0.717) is 11.6 Å². The fourth-order valence-corrected chi connectivity index (χ4v) is 4.19. The van der Waals surface area contributed by atoms with E-state index in [2.05, 4.69) is 78.1 Å². The maximum Gasteiger partial charge on any atom is 0.0359 e.